The van der Waals surface area contributed by atoms with Crippen molar-refractivity contribution in [3.05, 3.63) is 24.4 Å². The van der Waals surface area contributed by atoms with Crippen LogP contribution in [-0.4, -0.2) is 33.8 Å². The molecule has 1 heterocycles. The van der Waals surface area contributed by atoms with Crippen LogP contribution in [0.1, 0.15) is 51.4 Å². The molecule has 1 aromatic heterocycles. The quantitative estimate of drug-likeness (QED) is 0.328. The molecule has 144 valence electrons. The molecular weight excluding hydrogens is 406 g/mol. The third-order valence-electron chi connectivity index (χ3n) is 4.81. The predicted octanol–water partition coefficient (Wildman–Crippen LogP) is 6.18. The maximum atomic E-state index is 12.4. The summed E-state index contributed by atoms with van der Waals surface area (Å²) >= 11 is 4.33. The highest BCUT2D eigenvalue weighted by Crippen LogP contribution is 2.41. The Balaban J connectivity index is 1.50. The van der Waals surface area contributed by atoms with Gasteiger partial charge in [0, 0.05) is 6.20 Å². The molecule has 2 fully saturated rings. The molecule has 26 heavy (non-hydrogen) atoms. The van der Waals surface area contributed by atoms with Gasteiger partial charge in [-0.1, -0.05) is 40.5 Å². The van der Waals surface area contributed by atoms with Gasteiger partial charge in [0.2, 0.25) is 0 Å². The van der Waals surface area contributed by atoms with Crippen molar-refractivity contribution < 1.29 is 14.3 Å². The first-order valence-electron chi connectivity index (χ1n) is 9.18. The van der Waals surface area contributed by atoms with Gasteiger partial charge in [-0.2, -0.15) is 0 Å². The van der Waals surface area contributed by atoms with E-state index in [1.165, 1.54) is 23.6 Å². The number of thiol groups is 1. The van der Waals surface area contributed by atoms with Crippen LogP contribution in [-0.2, 0) is 9.47 Å². The Morgan fingerprint density at radius 1 is 1.00 bits per heavy atom. The average molecular weight is 432 g/mol. The van der Waals surface area contributed by atoms with Crippen LogP contribution in [0, 0.1) is 0 Å². The minimum absolute atomic E-state index is 0.0728. The van der Waals surface area contributed by atoms with E-state index in [0.717, 1.165) is 43.6 Å². The molecule has 0 saturated heterocycles. The molecule has 0 bridgehead atoms. The first-order chi connectivity index (χ1) is 12.8. The van der Waals surface area contributed by atoms with Crippen molar-refractivity contribution in [2.24, 2.45) is 0 Å². The highest BCUT2D eigenvalue weighted by molar-refractivity contribution is 8.76. The summed E-state index contributed by atoms with van der Waals surface area (Å²) in [6.07, 6.45) is 9.62. The fourth-order valence-corrected chi connectivity index (χ4v) is 7.39. The lowest BCUT2D eigenvalue weighted by atomic mass is 9.97. The zero-order chi connectivity index (χ0) is 18.2. The van der Waals surface area contributed by atoms with Crippen LogP contribution in [0.4, 0.5) is 4.79 Å². The number of rotatable bonds is 6. The fraction of sp³-hybridized carbons (Fsp3) is 0.667. The number of carbonyl (C=O) groups is 1. The minimum Gasteiger partial charge on any atom is -0.430 e. The lowest BCUT2D eigenvalue weighted by Gasteiger charge is -2.32. The molecule has 2 saturated carbocycles. The topological polar surface area (TPSA) is 48.4 Å². The Bertz CT molecular complexity index is 563. The molecule has 8 heteroatoms. The molecule has 0 N–H and O–H groups in total. The van der Waals surface area contributed by atoms with Gasteiger partial charge in [0.05, 0.1) is 10.5 Å². The van der Waals surface area contributed by atoms with Gasteiger partial charge < -0.3 is 9.47 Å². The summed E-state index contributed by atoms with van der Waals surface area (Å²) in [6, 6.07) is 5.91. The van der Waals surface area contributed by atoms with Gasteiger partial charge in [-0.05, 0) is 61.5 Å². The molecule has 0 unspecified atom stereocenters. The van der Waals surface area contributed by atoms with Crippen molar-refractivity contribution >= 4 is 50.2 Å². The van der Waals surface area contributed by atoms with Gasteiger partial charge >= 0.3 is 6.16 Å². The average Bonchev–Trinajstić information content (AvgIpc) is 2.68. The molecule has 2 aliphatic carbocycles. The molecule has 4 atom stereocenters. The third kappa shape index (κ3) is 6.17. The van der Waals surface area contributed by atoms with Crippen molar-refractivity contribution in [2.45, 2.75) is 79.1 Å². The highest BCUT2D eigenvalue weighted by atomic mass is 33.1. The van der Waals surface area contributed by atoms with E-state index >= 15 is 0 Å². The van der Waals surface area contributed by atoms with Gasteiger partial charge in [-0.15, -0.1) is 11.7 Å². The van der Waals surface area contributed by atoms with Gasteiger partial charge in [-0.25, -0.2) is 9.78 Å². The minimum atomic E-state index is -0.510. The first-order valence-corrected chi connectivity index (χ1v) is 13.3. The lowest BCUT2D eigenvalue weighted by molar-refractivity contribution is -0.0152. The molecule has 0 amide bonds. The zero-order valence-electron chi connectivity index (χ0n) is 14.6. The Hall–Kier alpha value is -0.180. The van der Waals surface area contributed by atoms with Gasteiger partial charge in [0.15, 0.2) is 0 Å². The largest absolute Gasteiger partial charge is 0.508 e. The summed E-state index contributed by atoms with van der Waals surface area (Å²) in [6.45, 7) is 0. The Labute approximate surface area is 172 Å². The maximum Gasteiger partial charge on any atom is 0.508 e. The Morgan fingerprint density at radius 3 is 2.31 bits per heavy atom. The number of hydrogen-bond acceptors (Lipinski definition) is 8. The summed E-state index contributed by atoms with van der Waals surface area (Å²) in [4.78, 5) is 16.7. The summed E-state index contributed by atoms with van der Waals surface area (Å²) < 4.78 is 11.4. The van der Waals surface area contributed by atoms with Crippen LogP contribution in [0.25, 0.3) is 0 Å². The van der Waals surface area contributed by atoms with Gasteiger partial charge in [0.25, 0.3) is 0 Å². The fourth-order valence-electron chi connectivity index (χ4n) is 3.41. The second kappa shape index (κ2) is 11.0. The van der Waals surface area contributed by atoms with Crippen LogP contribution < -0.4 is 0 Å². The Morgan fingerprint density at radius 2 is 1.65 bits per heavy atom. The standard InChI is InChI=1S/C18H25NO3S4/c20-18(21-13-7-1-3-9-15(13)24-23)22-14-8-2-4-10-16(14)25-26-17-11-5-6-12-19-17/h5-6,11-16,23H,1-4,7-10H2/t13-,14-,15-,16-/m0/s1. The van der Waals surface area contributed by atoms with E-state index in [9.17, 15) is 4.79 Å². The van der Waals surface area contributed by atoms with Crippen molar-refractivity contribution in [1.29, 1.82) is 0 Å². The van der Waals surface area contributed by atoms with Crippen LogP contribution in [0.2, 0.25) is 0 Å². The number of pyridine rings is 1. The number of ether oxygens (including phenoxy) is 2. The zero-order valence-corrected chi connectivity index (χ0v) is 18.0. The Kier molecular flexibility index (Phi) is 8.68. The van der Waals surface area contributed by atoms with E-state index < -0.39 is 6.16 Å². The predicted molar refractivity (Wildman–Crippen MR) is 114 cm³/mol. The van der Waals surface area contributed by atoms with E-state index in [0.29, 0.717) is 0 Å². The second-order valence-corrected chi connectivity index (χ2v) is 10.6. The van der Waals surface area contributed by atoms with E-state index in [2.05, 4.69) is 16.6 Å². The first kappa shape index (κ1) is 20.6. The van der Waals surface area contributed by atoms with Gasteiger partial charge in [0.1, 0.15) is 17.2 Å². The molecule has 0 spiro atoms. The molecule has 1 aromatic rings. The molecule has 0 aromatic carbocycles. The summed E-state index contributed by atoms with van der Waals surface area (Å²) in [5.74, 6) is 0. The SMILES string of the molecule is O=C(O[C@H]1CCCC[C@@H]1SS)O[C@H]1CCCC[C@@H]1SSc1ccccn1. The van der Waals surface area contributed by atoms with Crippen molar-refractivity contribution in [1.82, 2.24) is 4.98 Å². The number of aromatic nitrogens is 1. The van der Waals surface area contributed by atoms with Crippen LogP contribution in [0.5, 0.6) is 0 Å². The molecule has 3 rings (SSSR count). The second-order valence-electron chi connectivity index (χ2n) is 6.66. The van der Waals surface area contributed by atoms with Crippen LogP contribution in [0.15, 0.2) is 29.4 Å². The van der Waals surface area contributed by atoms with E-state index in [4.69, 9.17) is 9.47 Å². The van der Waals surface area contributed by atoms with E-state index in [1.807, 2.05) is 18.2 Å². The number of hydrogen-bond donors (Lipinski definition) is 1. The molecular formula is C18H25NO3S4. The van der Waals surface area contributed by atoms with Crippen LogP contribution in [0.3, 0.4) is 0 Å². The van der Waals surface area contributed by atoms with Crippen LogP contribution >= 0.6 is 44.0 Å². The summed E-state index contributed by atoms with van der Waals surface area (Å²) in [5.41, 5.74) is 0. The smallest absolute Gasteiger partial charge is 0.430 e. The van der Waals surface area contributed by atoms with E-state index in [-0.39, 0.29) is 22.7 Å². The van der Waals surface area contributed by atoms with E-state index in [1.54, 1.807) is 27.8 Å². The lowest BCUT2D eigenvalue weighted by Crippen LogP contribution is -2.36. The number of nitrogens with zero attached hydrogens (tertiary/aromatic N) is 1. The monoisotopic (exact) mass is 431 g/mol. The highest BCUT2D eigenvalue weighted by Gasteiger charge is 2.33. The molecule has 0 radical (unpaired) electrons. The van der Waals surface area contributed by atoms with Crippen molar-refractivity contribution in [2.75, 3.05) is 0 Å². The maximum absolute atomic E-state index is 12.4. The van der Waals surface area contributed by atoms with Gasteiger partial charge in [-0.3, -0.25) is 0 Å². The third-order valence-corrected chi connectivity index (χ3v) is 9.27. The normalized spacial score (nSPS) is 29.1. The molecule has 0 aliphatic heterocycles. The van der Waals surface area contributed by atoms with Crippen molar-refractivity contribution in [3.8, 4) is 0 Å². The summed E-state index contributed by atoms with van der Waals surface area (Å²) in [7, 11) is 4.91. The molecule has 2 aliphatic rings. The molecule has 4 nitrogen and oxygen atoms in total. The number of carbonyl (C=O) groups excluding carboxylic acids is 1. The summed E-state index contributed by atoms with van der Waals surface area (Å²) in [5, 5.41) is 1.54. The van der Waals surface area contributed by atoms with Crippen molar-refractivity contribution in [3.63, 3.8) is 0 Å².